The van der Waals surface area contributed by atoms with Crippen molar-refractivity contribution < 1.29 is 27.2 Å². The van der Waals surface area contributed by atoms with Gasteiger partial charge in [-0.05, 0) is 31.2 Å². The van der Waals surface area contributed by atoms with Gasteiger partial charge in [0.25, 0.3) is 0 Å². The SMILES string of the molecule is O=C1NC[C@@H](C(=O)N[C@H](CC2CCC(F)(F)CC2)c2ccc(F)c(Cl)c2F)N1. The Labute approximate surface area is 164 Å². The number of urea groups is 1. The first-order valence-electron chi connectivity index (χ1n) is 9.02. The van der Waals surface area contributed by atoms with Gasteiger partial charge in [0.05, 0.1) is 6.04 Å². The maximum Gasteiger partial charge on any atom is 0.315 e. The van der Waals surface area contributed by atoms with Crippen LogP contribution < -0.4 is 16.0 Å². The molecule has 1 aromatic rings. The molecular formula is C18H20ClF4N3O2. The van der Waals surface area contributed by atoms with Crippen LogP contribution in [0.4, 0.5) is 22.4 Å². The number of nitrogens with one attached hydrogen (secondary N) is 3. The van der Waals surface area contributed by atoms with Gasteiger partial charge in [-0.15, -0.1) is 0 Å². The van der Waals surface area contributed by atoms with Crippen molar-refractivity contribution in [3.05, 3.63) is 34.4 Å². The molecule has 0 spiro atoms. The second-order valence-electron chi connectivity index (χ2n) is 7.27. The number of halogens is 5. The van der Waals surface area contributed by atoms with E-state index in [2.05, 4.69) is 16.0 Å². The van der Waals surface area contributed by atoms with Crippen LogP contribution in [0.2, 0.25) is 5.02 Å². The van der Waals surface area contributed by atoms with Crippen molar-refractivity contribution in [3.8, 4) is 0 Å². The van der Waals surface area contributed by atoms with Crippen molar-refractivity contribution in [3.63, 3.8) is 0 Å². The summed E-state index contributed by atoms with van der Waals surface area (Å²) in [6, 6.07) is -0.0511. The summed E-state index contributed by atoms with van der Waals surface area (Å²) in [5.74, 6) is -5.35. The van der Waals surface area contributed by atoms with Crippen molar-refractivity contribution in [1.82, 2.24) is 16.0 Å². The Morgan fingerprint density at radius 2 is 1.96 bits per heavy atom. The molecule has 2 aliphatic rings. The highest BCUT2D eigenvalue weighted by Gasteiger charge is 2.37. The molecule has 0 aromatic heterocycles. The molecule has 1 saturated heterocycles. The average Bonchev–Trinajstić information content (AvgIpc) is 3.07. The standard InChI is InChI=1S/C18H20ClF4N3O2/c19-14-11(20)2-1-10(15(14)21)12(7-9-3-5-18(22,23)6-4-9)25-16(27)13-8-24-17(28)26-13/h1-2,9,12-13H,3-8H2,(H,25,27)(H2,24,26,28)/t12-,13+/m1/s1. The number of carbonyl (C=O) groups is 2. The molecule has 10 heteroatoms. The van der Waals surface area contributed by atoms with Gasteiger partial charge in [0, 0.05) is 24.9 Å². The van der Waals surface area contributed by atoms with Gasteiger partial charge in [-0.3, -0.25) is 4.79 Å². The van der Waals surface area contributed by atoms with E-state index in [1.165, 1.54) is 6.07 Å². The van der Waals surface area contributed by atoms with Gasteiger partial charge in [0.1, 0.15) is 22.7 Å². The highest BCUT2D eigenvalue weighted by Crippen LogP contribution is 2.40. The molecule has 28 heavy (non-hydrogen) atoms. The van der Waals surface area contributed by atoms with Crippen LogP contribution in [0.1, 0.15) is 43.7 Å². The van der Waals surface area contributed by atoms with E-state index < -0.39 is 46.6 Å². The molecule has 1 heterocycles. The van der Waals surface area contributed by atoms with Crippen LogP contribution in [0.25, 0.3) is 0 Å². The lowest BCUT2D eigenvalue weighted by atomic mass is 9.81. The van der Waals surface area contributed by atoms with Crippen LogP contribution in [0.5, 0.6) is 0 Å². The molecule has 3 amide bonds. The van der Waals surface area contributed by atoms with Crippen LogP contribution in [0, 0.1) is 17.6 Å². The summed E-state index contributed by atoms with van der Waals surface area (Å²) in [5.41, 5.74) is -0.0191. The van der Waals surface area contributed by atoms with Crippen LogP contribution in [0.3, 0.4) is 0 Å². The lowest BCUT2D eigenvalue weighted by Gasteiger charge is -2.31. The van der Waals surface area contributed by atoms with E-state index in [0.717, 1.165) is 6.07 Å². The summed E-state index contributed by atoms with van der Waals surface area (Å²) in [6.45, 7) is 0.0691. The minimum atomic E-state index is -2.71. The van der Waals surface area contributed by atoms with E-state index in [1.54, 1.807) is 0 Å². The minimum Gasteiger partial charge on any atom is -0.347 e. The van der Waals surface area contributed by atoms with Gasteiger partial charge in [-0.25, -0.2) is 22.4 Å². The molecule has 0 unspecified atom stereocenters. The fourth-order valence-corrected chi connectivity index (χ4v) is 3.80. The Balaban J connectivity index is 1.79. The Kier molecular flexibility index (Phi) is 6.02. The summed E-state index contributed by atoms with van der Waals surface area (Å²) in [7, 11) is 0. The Morgan fingerprint density at radius 3 is 2.57 bits per heavy atom. The molecule has 3 N–H and O–H groups in total. The summed E-state index contributed by atoms with van der Waals surface area (Å²) < 4.78 is 54.9. The van der Waals surface area contributed by atoms with E-state index in [1.807, 2.05) is 0 Å². The zero-order valence-corrected chi connectivity index (χ0v) is 15.6. The van der Waals surface area contributed by atoms with E-state index >= 15 is 0 Å². The molecular weight excluding hydrogens is 402 g/mol. The first-order chi connectivity index (χ1) is 13.2. The van der Waals surface area contributed by atoms with E-state index in [0.29, 0.717) is 0 Å². The van der Waals surface area contributed by atoms with E-state index in [9.17, 15) is 27.2 Å². The fraction of sp³-hybridized carbons (Fsp3) is 0.556. The summed E-state index contributed by atoms with van der Waals surface area (Å²) in [6.07, 6.45) is 0.130. The molecule has 1 aromatic carbocycles. The molecule has 1 aliphatic carbocycles. The van der Waals surface area contributed by atoms with Crippen LogP contribution in [-0.4, -0.2) is 30.4 Å². The molecule has 5 nitrogen and oxygen atoms in total. The zero-order valence-electron chi connectivity index (χ0n) is 14.8. The Morgan fingerprint density at radius 1 is 1.29 bits per heavy atom. The molecule has 0 radical (unpaired) electrons. The normalized spacial score (nSPS) is 23.0. The molecule has 2 fully saturated rings. The maximum absolute atomic E-state index is 14.6. The fourth-order valence-electron chi connectivity index (χ4n) is 3.63. The molecule has 2 atom stereocenters. The molecule has 1 aliphatic heterocycles. The monoisotopic (exact) mass is 421 g/mol. The smallest absolute Gasteiger partial charge is 0.315 e. The van der Waals surface area contributed by atoms with Gasteiger partial charge in [-0.2, -0.15) is 0 Å². The highest BCUT2D eigenvalue weighted by molar-refractivity contribution is 6.31. The van der Waals surface area contributed by atoms with Crippen LogP contribution in [0.15, 0.2) is 12.1 Å². The molecule has 0 bridgehead atoms. The molecule has 1 saturated carbocycles. The van der Waals surface area contributed by atoms with Crippen LogP contribution in [-0.2, 0) is 4.79 Å². The van der Waals surface area contributed by atoms with Crippen molar-refractivity contribution in [1.29, 1.82) is 0 Å². The second kappa shape index (κ2) is 8.14. The van der Waals surface area contributed by atoms with Crippen molar-refractivity contribution in [2.75, 3.05) is 6.54 Å². The first kappa shape index (κ1) is 20.7. The summed E-state index contributed by atoms with van der Waals surface area (Å²) in [4.78, 5) is 23.7. The quantitative estimate of drug-likeness (QED) is 0.501. The lowest BCUT2D eigenvalue weighted by molar-refractivity contribution is -0.123. The predicted molar refractivity (Wildman–Crippen MR) is 94.1 cm³/mol. The van der Waals surface area contributed by atoms with Crippen molar-refractivity contribution in [2.24, 2.45) is 5.92 Å². The third kappa shape index (κ3) is 4.68. The third-order valence-electron chi connectivity index (χ3n) is 5.25. The first-order valence-corrected chi connectivity index (χ1v) is 9.40. The van der Waals surface area contributed by atoms with Gasteiger partial charge >= 0.3 is 6.03 Å². The van der Waals surface area contributed by atoms with E-state index in [-0.39, 0.29) is 50.1 Å². The Hall–Kier alpha value is -2.03. The number of amides is 3. The van der Waals surface area contributed by atoms with Crippen molar-refractivity contribution >= 4 is 23.5 Å². The van der Waals surface area contributed by atoms with Gasteiger partial charge in [0.15, 0.2) is 0 Å². The number of carbonyl (C=O) groups excluding carboxylic acids is 2. The Bertz CT molecular complexity index is 767. The second-order valence-corrected chi connectivity index (χ2v) is 7.65. The number of benzene rings is 1. The predicted octanol–water partition coefficient (Wildman–Crippen LogP) is 3.67. The van der Waals surface area contributed by atoms with E-state index in [4.69, 9.17) is 11.6 Å². The number of hydrogen-bond acceptors (Lipinski definition) is 2. The zero-order chi connectivity index (χ0) is 20.5. The minimum absolute atomic E-state index is 0.0191. The molecule has 3 rings (SSSR count). The topological polar surface area (TPSA) is 70.2 Å². The van der Waals surface area contributed by atoms with Gasteiger partial charge in [0.2, 0.25) is 11.8 Å². The number of hydrogen-bond donors (Lipinski definition) is 3. The van der Waals surface area contributed by atoms with Crippen LogP contribution >= 0.6 is 11.6 Å². The number of rotatable bonds is 5. The summed E-state index contributed by atoms with van der Waals surface area (Å²) >= 11 is 5.66. The highest BCUT2D eigenvalue weighted by atomic mass is 35.5. The van der Waals surface area contributed by atoms with Gasteiger partial charge in [-0.1, -0.05) is 17.7 Å². The largest absolute Gasteiger partial charge is 0.347 e. The average molecular weight is 422 g/mol. The number of alkyl halides is 2. The molecule has 154 valence electrons. The summed E-state index contributed by atoms with van der Waals surface area (Å²) in [5, 5.41) is 6.82. The van der Waals surface area contributed by atoms with Gasteiger partial charge < -0.3 is 16.0 Å². The maximum atomic E-state index is 14.6. The third-order valence-corrected chi connectivity index (χ3v) is 5.60. The lowest BCUT2D eigenvalue weighted by Crippen LogP contribution is -2.45. The van der Waals surface area contributed by atoms with Crippen molar-refractivity contribution in [2.45, 2.75) is 50.1 Å².